The van der Waals surface area contributed by atoms with Gasteiger partial charge >= 0.3 is 0 Å². The Balaban J connectivity index is 1.39. The SMILES string of the molecule is O=C(CCn1cnc2sccc2c1=O)Nc1cccc(Oc2ccccc2)c1. The Bertz CT molecular complexity index is 1170. The van der Waals surface area contributed by atoms with Crippen LogP contribution in [0.1, 0.15) is 6.42 Å². The summed E-state index contributed by atoms with van der Waals surface area (Å²) in [5.41, 5.74) is 0.509. The molecule has 0 atom stereocenters. The highest BCUT2D eigenvalue weighted by Crippen LogP contribution is 2.24. The van der Waals surface area contributed by atoms with Crippen LogP contribution in [-0.2, 0) is 11.3 Å². The number of nitrogens with zero attached hydrogens (tertiary/aromatic N) is 2. The molecule has 0 spiro atoms. The quantitative estimate of drug-likeness (QED) is 0.532. The molecule has 0 saturated carbocycles. The molecule has 0 aliphatic rings. The van der Waals surface area contributed by atoms with E-state index in [0.29, 0.717) is 21.7 Å². The molecule has 2 heterocycles. The molecule has 0 aliphatic carbocycles. The van der Waals surface area contributed by atoms with Crippen LogP contribution in [0.4, 0.5) is 5.69 Å². The van der Waals surface area contributed by atoms with Crippen molar-refractivity contribution in [2.24, 2.45) is 0 Å². The standard InChI is InChI=1S/C21H17N3O3S/c25-19(9-11-24-14-22-20-18(21(24)26)10-12-28-20)23-15-5-4-8-17(13-15)27-16-6-2-1-3-7-16/h1-8,10,12-14H,9,11H2,(H,23,25). The summed E-state index contributed by atoms with van der Waals surface area (Å²) < 4.78 is 7.24. The lowest BCUT2D eigenvalue weighted by atomic mass is 10.2. The molecule has 0 saturated heterocycles. The number of aromatic nitrogens is 2. The Morgan fingerprint density at radius 2 is 1.89 bits per heavy atom. The fourth-order valence-corrected chi connectivity index (χ4v) is 3.48. The van der Waals surface area contributed by atoms with E-state index in [1.165, 1.54) is 22.2 Å². The van der Waals surface area contributed by atoms with Crippen LogP contribution >= 0.6 is 11.3 Å². The number of carbonyl (C=O) groups excluding carboxylic acids is 1. The molecule has 6 nitrogen and oxygen atoms in total. The van der Waals surface area contributed by atoms with Gasteiger partial charge in [0, 0.05) is 24.7 Å². The number of amides is 1. The first-order chi connectivity index (χ1) is 13.7. The van der Waals surface area contributed by atoms with Gasteiger partial charge in [0.15, 0.2) is 0 Å². The molecule has 2 aromatic heterocycles. The zero-order chi connectivity index (χ0) is 19.3. The summed E-state index contributed by atoms with van der Waals surface area (Å²) in [6, 6.07) is 18.4. The van der Waals surface area contributed by atoms with Crippen molar-refractivity contribution < 1.29 is 9.53 Å². The van der Waals surface area contributed by atoms with E-state index in [0.717, 1.165) is 5.75 Å². The molecule has 28 heavy (non-hydrogen) atoms. The van der Waals surface area contributed by atoms with Crippen LogP contribution in [0, 0.1) is 0 Å². The third kappa shape index (κ3) is 4.10. The van der Waals surface area contributed by atoms with Crippen LogP contribution < -0.4 is 15.6 Å². The number of aryl methyl sites for hydroxylation is 1. The number of hydrogen-bond acceptors (Lipinski definition) is 5. The van der Waals surface area contributed by atoms with Gasteiger partial charge in [-0.25, -0.2) is 4.98 Å². The zero-order valence-electron chi connectivity index (χ0n) is 14.9. The Hall–Kier alpha value is -3.45. The molecule has 0 fully saturated rings. The number of rotatable bonds is 6. The van der Waals surface area contributed by atoms with Crippen LogP contribution in [-0.4, -0.2) is 15.5 Å². The van der Waals surface area contributed by atoms with Gasteiger partial charge in [-0.05, 0) is 35.7 Å². The minimum atomic E-state index is -0.186. The van der Waals surface area contributed by atoms with E-state index in [1.807, 2.05) is 47.8 Å². The normalized spacial score (nSPS) is 10.7. The molecule has 2 aromatic carbocycles. The Labute approximate surface area is 165 Å². The maximum atomic E-state index is 12.4. The Kier molecular flexibility index (Phi) is 5.16. The van der Waals surface area contributed by atoms with E-state index in [1.54, 1.807) is 18.2 Å². The first-order valence-corrected chi connectivity index (χ1v) is 9.62. The number of ether oxygens (including phenoxy) is 1. The fourth-order valence-electron chi connectivity index (χ4n) is 2.76. The number of hydrogen-bond donors (Lipinski definition) is 1. The molecule has 4 aromatic rings. The molecule has 7 heteroatoms. The molecule has 4 rings (SSSR count). The Morgan fingerprint density at radius 3 is 2.75 bits per heavy atom. The van der Waals surface area contributed by atoms with Crippen LogP contribution in [0.15, 0.2) is 77.2 Å². The summed E-state index contributed by atoms with van der Waals surface area (Å²) in [4.78, 5) is 29.6. The number of anilines is 1. The van der Waals surface area contributed by atoms with E-state index < -0.39 is 0 Å². The lowest BCUT2D eigenvalue weighted by Gasteiger charge is -2.09. The van der Waals surface area contributed by atoms with Gasteiger partial charge in [-0.2, -0.15) is 0 Å². The third-order valence-corrected chi connectivity index (χ3v) is 4.95. The largest absolute Gasteiger partial charge is 0.457 e. The number of fused-ring (bicyclic) bond motifs is 1. The number of thiophene rings is 1. The van der Waals surface area contributed by atoms with Crippen LogP contribution in [0.2, 0.25) is 0 Å². The number of nitrogens with one attached hydrogen (secondary N) is 1. The minimum absolute atomic E-state index is 0.127. The third-order valence-electron chi connectivity index (χ3n) is 4.13. The maximum Gasteiger partial charge on any atom is 0.262 e. The van der Waals surface area contributed by atoms with Gasteiger partial charge in [0.05, 0.1) is 11.7 Å². The van der Waals surface area contributed by atoms with Crippen molar-refractivity contribution in [3.63, 3.8) is 0 Å². The first kappa shape index (κ1) is 17.9. The summed E-state index contributed by atoms with van der Waals surface area (Å²) in [6.45, 7) is 0.268. The second-order valence-corrected chi connectivity index (χ2v) is 7.02. The van der Waals surface area contributed by atoms with E-state index in [9.17, 15) is 9.59 Å². The van der Waals surface area contributed by atoms with Gasteiger partial charge in [0.1, 0.15) is 16.3 Å². The van der Waals surface area contributed by atoms with E-state index in [4.69, 9.17) is 4.74 Å². The van der Waals surface area contributed by atoms with Gasteiger partial charge in [0.2, 0.25) is 5.91 Å². The maximum absolute atomic E-state index is 12.4. The van der Waals surface area contributed by atoms with E-state index >= 15 is 0 Å². The smallest absolute Gasteiger partial charge is 0.262 e. The summed E-state index contributed by atoms with van der Waals surface area (Å²) >= 11 is 1.42. The monoisotopic (exact) mass is 391 g/mol. The highest BCUT2D eigenvalue weighted by atomic mass is 32.1. The van der Waals surface area contributed by atoms with Gasteiger partial charge in [-0.1, -0.05) is 24.3 Å². The van der Waals surface area contributed by atoms with Crippen LogP contribution in [0.5, 0.6) is 11.5 Å². The predicted molar refractivity (Wildman–Crippen MR) is 110 cm³/mol. The first-order valence-electron chi connectivity index (χ1n) is 8.74. The van der Waals surface area contributed by atoms with Crippen molar-refractivity contribution in [1.29, 1.82) is 0 Å². The average Bonchev–Trinajstić information content (AvgIpc) is 3.18. The van der Waals surface area contributed by atoms with Crippen molar-refractivity contribution in [3.05, 3.63) is 82.7 Å². The second-order valence-electron chi connectivity index (χ2n) is 6.12. The summed E-state index contributed by atoms with van der Waals surface area (Å²) in [6.07, 6.45) is 1.66. The zero-order valence-corrected chi connectivity index (χ0v) is 15.7. The molecule has 0 radical (unpaired) electrons. The van der Waals surface area contributed by atoms with E-state index in [-0.39, 0.29) is 24.4 Å². The van der Waals surface area contributed by atoms with Crippen molar-refractivity contribution in [2.75, 3.05) is 5.32 Å². The second kappa shape index (κ2) is 8.06. The average molecular weight is 391 g/mol. The highest BCUT2D eigenvalue weighted by molar-refractivity contribution is 7.16. The van der Waals surface area contributed by atoms with Gasteiger partial charge in [-0.15, -0.1) is 11.3 Å². The lowest BCUT2D eigenvalue weighted by Crippen LogP contribution is -2.23. The highest BCUT2D eigenvalue weighted by Gasteiger charge is 2.08. The van der Waals surface area contributed by atoms with Gasteiger partial charge < -0.3 is 10.1 Å². The minimum Gasteiger partial charge on any atom is -0.457 e. The molecular formula is C21H17N3O3S. The van der Waals surface area contributed by atoms with Crippen molar-refractivity contribution in [1.82, 2.24) is 9.55 Å². The van der Waals surface area contributed by atoms with Gasteiger partial charge in [0.25, 0.3) is 5.56 Å². The van der Waals surface area contributed by atoms with E-state index in [2.05, 4.69) is 10.3 Å². The van der Waals surface area contributed by atoms with Crippen molar-refractivity contribution in [2.45, 2.75) is 13.0 Å². The molecule has 0 aliphatic heterocycles. The topological polar surface area (TPSA) is 73.2 Å². The van der Waals surface area contributed by atoms with Crippen LogP contribution in [0.3, 0.4) is 0 Å². The molecular weight excluding hydrogens is 374 g/mol. The number of para-hydroxylation sites is 1. The van der Waals surface area contributed by atoms with Gasteiger partial charge in [-0.3, -0.25) is 14.2 Å². The molecule has 0 unspecified atom stereocenters. The summed E-state index contributed by atoms with van der Waals surface area (Å²) in [5.74, 6) is 1.17. The molecule has 1 N–H and O–H groups in total. The van der Waals surface area contributed by atoms with Crippen molar-refractivity contribution in [3.8, 4) is 11.5 Å². The molecule has 140 valence electrons. The molecule has 1 amide bonds. The summed E-state index contributed by atoms with van der Waals surface area (Å²) in [5, 5.41) is 5.25. The number of benzene rings is 2. The van der Waals surface area contributed by atoms with Crippen molar-refractivity contribution >= 4 is 33.1 Å². The predicted octanol–water partition coefficient (Wildman–Crippen LogP) is 4.28. The number of carbonyl (C=O) groups is 1. The van der Waals surface area contributed by atoms with Crippen LogP contribution in [0.25, 0.3) is 10.2 Å². The Morgan fingerprint density at radius 1 is 1.07 bits per heavy atom. The fraction of sp³-hybridized carbons (Fsp3) is 0.0952. The molecule has 0 bridgehead atoms. The lowest BCUT2D eigenvalue weighted by molar-refractivity contribution is -0.116. The summed E-state index contributed by atoms with van der Waals surface area (Å²) in [7, 11) is 0.